The van der Waals surface area contributed by atoms with E-state index in [4.69, 9.17) is 14.2 Å². The van der Waals surface area contributed by atoms with E-state index in [1.165, 1.54) is 0 Å². The first-order valence-electron chi connectivity index (χ1n) is 16.3. The summed E-state index contributed by atoms with van der Waals surface area (Å²) in [6.45, 7) is 10.6. The first-order valence-corrected chi connectivity index (χ1v) is 16.3. The van der Waals surface area contributed by atoms with Crippen molar-refractivity contribution in [3.8, 4) is 0 Å². The largest absolute Gasteiger partial charge is 0.460 e. The van der Waals surface area contributed by atoms with Gasteiger partial charge in [0.1, 0.15) is 23.9 Å². The Labute approximate surface area is 288 Å². The lowest BCUT2D eigenvalue weighted by Crippen LogP contribution is -2.54. The van der Waals surface area contributed by atoms with Crippen LogP contribution in [0.15, 0.2) is 60.7 Å². The Morgan fingerprint density at radius 2 is 1.24 bits per heavy atom. The summed E-state index contributed by atoms with van der Waals surface area (Å²) in [5, 5.41) is 10.3. The van der Waals surface area contributed by atoms with Crippen LogP contribution in [0, 0.1) is 0 Å². The molecule has 0 aliphatic rings. The molecule has 0 aromatic heterocycles. The van der Waals surface area contributed by atoms with Crippen molar-refractivity contribution in [2.45, 2.75) is 110 Å². The molecule has 2 atom stereocenters. The third-order valence-electron chi connectivity index (χ3n) is 6.62. The molecular weight excluding hydrogens is 632 g/mol. The zero-order valence-corrected chi connectivity index (χ0v) is 29.3. The second-order valence-corrected chi connectivity index (χ2v) is 13.4. The molecule has 13 nitrogen and oxygen atoms in total. The number of nitrogens with one attached hydrogen (secondary N) is 4. The monoisotopic (exact) mass is 682 g/mol. The fraction of sp³-hybridized carbons (Fsp3) is 0.500. The molecular formula is C36H50N4O9. The Kier molecular flexibility index (Phi) is 16.2. The van der Waals surface area contributed by atoms with E-state index in [1.807, 2.05) is 12.1 Å². The van der Waals surface area contributed by atoms with E-state index in [2.05, 4.69) is 21.3 Å². The average Bonchev–Trinajstić information content (AvgIpc) is 3.02. The molecule has 0 saturated carbocycles. The molecule has 0 bridgehead atoms. The van der Waals surface area contributed by atoms with Gasteiger partial charge in [0.15, 0.2) is 0 Å². The number of ether oxygens (including phenoxy) is 3. The van der Waals surface area contributed by atoms with E-state index < -0.39 is 59.0 Å². The van der Waals surface area contributed by atoms with Gasteiger partial charge in [0.2, 0.25) is 11.7 Å². The van der Waals surface area contributed by atoms with Crippen molar-refractivity contribution in [1.82, 2.24) is 21.3 Å². The van der Waals surface area contributed by atoms with Crippen molar-refractivity contribution in [1.29, 1.82) is 0 Å². The predicted octanol–water partition coefficient (Wildman–Crippen LogP) is 4.47. The number of Topliss-reactive ketones (excluding diaryl/α,β-unsaturated/α-hetero) is 1. The van der Waals surface area contributed by atoms with Gasteiger partial charge in [-0.3, -0.25) is 19.2 Å². The first kappa shape index (κ1) is 40.2. The van der Waals surface area contributed by atoms with Gasteiger partial charge in [-0.25, -0.2) is 9.59 Å². The number of unbranched alkanes of at least 4 members (excludes halogenated alkanes) is 1. The van der Waals surface area contributed by atoms with E-state index in [-0.39, 0.29) is 39.0 Å². The van der Waals surface area contributed by atoms with Crippen LogP contribution in [0.4, 0.5) is 9.59 Å². The zero-order chi connectivity index (χ0) is 36.5. The van der Waals surface area contributed by atoms with Crippen LogP contribution >= 0.6 is 0 Å². The Hall–Kier alpha value is -4.94. The van der Waals surface area contributed by atoms with Crippen molar-refractivity contribution >= 4 is 35.8 Å². The van der Waals surface area contributed by atoms with Gasteiger partial charge in [0.05, 0.1) is 6.04 Å². The maximum atomic E-state index is 13.6. The summed E-state index contributed by atoms with van der Waals surface area (Å²) in [5.41, 5.74) is 0.0690. The molecule has 4 N–H and O–H groups in total. The van der Waals surface area contributed by atoms with Crippen molar-refractivity contribution in [3.63, 3.8) is 0 Å². The van der Waals surface area contributed by atoms with Gasteiger partial charge >= 0.3 is 18.2 Å². The van der Waals surface area contributed by atoms with Crippen molar-refractivity contribution in [2.24, 2.45) is 0 Å². The summed E-state index contributed by atoms with van der Waals surface area (Å²) >= 11 is 0. The van der Waals surface area contributed by atoms with Gasteiger partial charge in [-0.1, -0.05) is 60.7 Å². The first-order chi connectivity index (χ1) is 23.0. The number of alkyl carbamates (subject to hydrolysis) is 2. The smallest absolute Gasteiger partial charge is 0.408 e. The summed E-state index contributed by atoms with van der Waals surface area (Å²) < 4.78 is 15.9. The minimum atomic E-state index is -1.30. The highest BCUT2D eigenvalue weighted by Gasteiger charge is 2.31. The lowest BCUT2D eigenvalue weighted by molar-refractivity contribution is -0.155. The van der Waals surface area contributed by atoms with Crippen LogP contribution in [-0.2, 0) is 46.5 Å². The molecule has 2 aromatic rings. The molecule has 0 saturated heterocycles. The van der Waals surface area contributed by atoms with E-state index in [0.29, 0.717) is 12.8 Å². The molecule has 4 amide bonds. The number of hydrogen-bond donors (Lipinski definition) is 4. The molecule has 268 valence electrons. The third-order valence-corrected chi connectivity index (χ3v) is 6.62. The Balaban J connectivity index is 2.14. The maximum Gasteiger partial charge on any atom is 0.408 e. The number of ketones is 1. The summed E-state index contributed by atoms with van der Waals surface area (Å²) in [6, 6.07) is 15.4. The summed E-state index contributed by atoms with van der Waals surface area (Å²) in [6.07, 6.45) is -1.08. The summed E-state index contributed by atoms with van der Waals surface area (Å²) in [5.74, 6) is -3.17. The highest BCUT2D eigenvalue weighted by molar-refractivity contribution is 6.38. The van der Waals surface area contributed by atoms with Crippen molar-refractivity contribution in [2.75, 3.05) is 6.54 Å². The average molecular weight is 683 g/mol. The zero-order valence-electron chi connectivity index (χ0n) is 29.3. The quantitative estimate of drug-likeness (QED) is 0.0811. The van der Waals surface area contributed by atoms with Crippen LogP contribution in [0.2, 0.25) is 0 Å². The van der Waals surface area contributed by atoms with E-state index in [0.717, 1.165) is 11.1 Å². The lowest BCUT2D eigenvalue weighted by Gasteiger charge is -2.24. The molecule has 0 fully saturated rings. The van der Waals surface area contributed by atoms with E-state index >= 15 is 0 Å². The van der Waals surface area contributed by atoms with Gasteiger partial charge in [-0.2, -0.15) is 0 Å². The van der Waals surface area contributed by atoms with Gasteiger partial charge in [0.25, 0.3) is 5.91 Å². The minimum Gasteiger partial charge on any atom is -0.460 e. The number of esters is 1. The minimum absolute atomic E-state index is 0.0522. The second kappa shape index (κ2) is 19.8. The standard InChI is InChI=1S/C36H50N4O9/c1-35(2,3)48-29(41)21-20-28(40-34(46)47-24-26-17-11-8-12-18-26)31(43)39-27(19-13-14-22-37-33(45)49-36(4,5)6)30(42)32(44)38-23-25-15-9-7-10-16-25/h7-12,15-18,27-28H,13-14,19-24H2,1-6H3,(H,37,45)(H,38,44)(H,39,43)(H,40,46)/t27-,28-/m0/s1. The summed E-state index contributed by atoms with van der Waals surface area (Å²) in [7, 11) is 0. The number of rotatable bonds is 17. The maximum absolute atomic E-state index is 13.6. The Morgan fingerprint density at radius 3 is 1.84 bits per heavy atom. The Bertz CT molecular complexity index is 1390. The van der Waals surface area contributed by atoms with Crippen LogP contribution < -0.4 is 21.3 Å². The number of amides is 4. The second-order valence-electron chi connectivity index (χ2n) is 13.4. The number of benzene rings is 2. The van der Waals surface area contributed by atoms with Crippen LogP contribution in [-0.4, -0.2) is 65.6 Å². The number of carbonyl (C=O) groups is 6. The van der Waals surface area contributed by atoms with E-state index in [9.17, 15) is 28.8 Å². The molecule has 0 unspecified atom stereocenters. The molecule has 0 spiro atoms. The van der Waals surface area contributed by atoms with Gasteiger partial charge < -0.3 is 35.5 Å². The predicted molar refractivity (Wildman–Crippen MR) is 182 cm³/mol. The SMILES string of the molecule is CC(C)(C)OC(=O)CC[C@H](NC(=O)OCc1ccccc1)C(=O)N[C@@H](CCCCNC(=O)OC(C)(C)C)C(=O)C(=O)NCc1ccccc1. The van der Waals surface area contributed by atoms with Crippen LogP contribution in [0.3, 0.4) is 0 Å². The highest BCUT2D eigenvalue weighted by atomic mass is 16.6. The molecule has 0 radical (unpaired) electrons. The molecule has 2 rings (SSSR count). The number of carbonyl (C=O) groups excluding carboxylic acids is 6. The number of hydrogen-bond acceptors (Lipinski definition) is 9. The van der Waals surface area contributed by atoms with Crippen LogP contribution in [0.25, 0.3) is 0 Å². The van der Waals surface area contributed by atoms with Gasteiger partial charge in [-0.05, 0) is 78.4 Å². The Morgan fingerprint density at radius 1 is 0.653 bits per heavy atom. The van der Waals surface area contributed by atoms with E-state index in [1.54, 1.807) is 90.1 Å². The molecule has 49 heavy (non-hydrogen) atoms. The fourth-order valence-electron chi connectivity index (χ4n) is 4.37. The molecule has 0 aliphatic heterocycles. The molecule has 0 aliphatic carbocycles. The lowest BCUT2D eigenvalue weighted by atomic mass is 10.0. The van der Waals surface area contributed by atoms with Crippen molar-refractivity contribution < 1.29 is 43.0 Å². The van der Waals surface area contributed by atoms with Crippen molar-refractivity contribution in [3.05, 3.63) is 71.8 Å². The highest BCUT2D eigenvalue weighted by Crippen LogP contribution is 2.12. The third kappa shape index (κ3) is 17.7. The van der Waals surface area contributed by atoms with Crippen LogP contribution in [0.5, 0.6) is 0 Å². The molecule has 0 heterocycles. The van der Waals surface area contributed by atoms with Gasteiger partial charge in [0, 0.05) is 19.5 Å². The summed E-state index contributed by atoms with van der Waals surface area (Å²) in [4.78, 5) is 77.1. The molecule has 2 aromatic carbocycles. The van der Waals surface area contributed by atoms with Gasteiger partial charge in [-0.15, -0.1) is 0 Å². The fourth-order valence-corrected chi connectivity index (χ4v) is 4.37. The van der Waals surface area contributed by atoms with Crippen LogP contribution in [0.1, 0.15) is 84.8 Å². The molecule has 13 heteroatoms. The normalized spacial score (nSPS) is 12.4. The topological polar surface area (TPSA) is 178 Å².